The molecule has 10 rings (SSSR count). The number of nitrogens with zero attached hydrogens (tertiary/aromatic N) is 3. The van der Waals surface area contributed by atoms with E-state index in [2.05, 4.69) is 159 Å². The third-order valence-corrected chi connectivity index (χ3v) is 10.4. The number of furan rings is 1. The number of rotatable bonds is 7. The molecule has 56 heavy (non-hydrogen) atoms. The Hall–Kier alpha value is -7.43. The van der Waals surface area contributed by atoms with Gasteiger partial charge in [-0.25, -0.2) is 15.0 Å². The van der Waals surface area contributed by atoms with Crippen molar-refractivity contribution >= 4 is 21.9 Å². The summed E-state index contributed by atoms with van der Waals surface area (Å²) in [6, 6.07) is 67.5. The summed E-state index contributed by atoms with van der Waals surface area (Å²) in [5.74, 6) is 1.79. The highest BCUT2D eigenvalue weighted by Crippen LogP contribution is 2.42. The van der Waals surface area contributed by atoms with Gasteiger partial charge in [0.2, 0.25) is 0 Å². The first-order valence-corrected chi connectivity index (χ1v) is 18.8. The number of aryl methyl sites for hydroxylation is 1. The first-order chi connectivity index (χ1) is 27.6. The zero-order valence-corrected chi connectivity index (χ0v) is 30.7. The maximum Gasteiger partial charge on any atom is 0.164 e. The Bertz CT molecular complexity index is 2990. The van der Waals surface area contributed by atoms with Crippen molar-refractivity contribution in [2.45, 2.75) is 6.92 Å². The average Bonchev–Trinajstić information content (AvgIpc) is 3.65. The van der Waals surface area contributed by atoms with Crippen LogP contribution < -0.4 is 0 Å². The highest BCUT2D eigenvalue weighted by atomic mass is 16.3. The molecule has 0 fully saturated rings. The quantitative estimate of drug-likeness (QED) is 0.165. The lowest BCUT2D eigenvalue weighted by Gasteiger charge is -2.13. The fraction of sp³-hybridized carbons (Fsp3) is 0.0192. The summed E-state index contributed by atoms with van der Waals surface area (Å²) in [5, 5.41) is 2.11. The van der Waals surface area contributed by atoms with Crippen LogP contribution >= 0.6 is 0 Å². The zero-order chi connectivity index (χ0) is 37.4. The normalized spacial score (nSPS) is 11.3. The highest BCUT2D eigenvalue weighted by molar-refractivity contribution is 6.14. The van der Waals surface area contributed by atoms with E-state index in [9.17, 15) is 0 Å². The van der Waals surface area contributed by atoms with E-state index in [1.165, 1.54) is 16.7 Å². The molecule has 2 aromatic heterocycles. The SMILES string of the molecule is Cc1ccc(-c2cccc(-c3nc(-c4ccccc4)nc(-c4cc5oc6cccc(-c7ccc(-c8ccccc8)cc7)c6c5cc4-c4ccccc4)n3)c2)cc1. The molecule has 0 radical (unpaired) electrons. The van der Waals surface area contributed by atoms with Crippen LogP contribution in [0.25, 0.3) is 101 Å². The van der Waals surface area contributed by atoms with Gasteiger partial charge in [-0.05, 0) is 75.7 Å². The van der Waals surface area contributed by atoms with Crippen molar-refractivity contribution in [2.75, 3.05) is 0 Å². The van der Waals surface area contributed by atoms with Gasteiger partial charge in [0, 0.05) is 27.5 Å². The van der Waals surface area contributed by atoms with E-state index < -0.39 is 0 Å². The Morgan fingerprint density at radius 1 is 0.321 bits per heavy atom. The molecule has 0 atom stereocenters. The van der Waals surface area contributed by atoms with Gasteiger partial charge in [0.25, 0.3) is 0 Å². The van der Waals surface area contributed by atoms with Crippen LogP contribution in [0.3, 0.4) is 0 Å². The molecule has 0 N–H and O–H groups in total. The van der Waals surface area contributed by atoms with Crippen molar-refractivity contribution < 1.29 is 4.42 Å². The van der Waals surface area contributed by atoms with E-state index in [0.29, 0.717) is 17.5 Å². The third-order valence-electron chi connectivity index (χ3n) is 10.4. The van der Waals surface area contributed by atoms with Crippen LogP contribution in [-0.2, 0) is 0 Å². The fourth-order valence-corrected chi connectivity index (χ4v) is 7.55. The van der Waals surface area contributed by atoms with E-state index >= 15 is 0 Å². The topological polar surface area (TPSA) is 51.8 Å². The summed E-state index contributed by atoms with van der Waals surface area (Å²) < 4.78 is 6.69. The molecule has 0 spiro atoms. The molecule has 0 amide bonds. The number of hydrogen-bond donors (Lipinski definition) is 0. The molecule has 0 aliphatic rings. The van der Waals surface area contributed by atoms with Crippen molar-refractivity contribution in [2.24, 2.45) is 0 Å². The molecule has 4 heteroatoms. The van der Waals surface area contributed by atoms with Gasteiger partial charge in [-0.15, -0.1) is 0 Å². The van der Waals surface area contributed by atoms with Gasteiger partial charge in [0.1, 0.15) is 11.2 Å². The van der Waals surface area contributed by atoms with Gasteiger partial charge >= 0.3 is 0 Å². The maximum absolute atomic E-state index is 6.69. The van der Waals surface area contributed by atoms with Crippen molar-refractivity contribution in [1.82, 2.24) is 15.0 Å². The summed E-state index contributed by atoms with van der Waals surface area (Å²) in [6.07, 6.45) is 0. The highest BCUT2D eigenvalue weighted by Gasteiger charge is 2.21. The predicted octanol–water partition coefficient (Wildman–Crippen LogP) is 13.7. The van der Waals surface area contributed by atoms with Gasteiger partial charge < -0.3 is 4.42 Å². The second-order valence-corrected chi connectivity index (χ2v) is 14.1. The van der Waals surface area contributed by atoms with E-state index in [1.54, 1.807) is 0 Å². The van der Waals surface area contributed by atoms with Gasteiger partial charge in [-0.1, -0.05) is 175 Å². The second kappa shape index (κ2) is 14.1. The van der Waals surface area contributed by atoms with Crippen LogP contribution in [-0.4, -0.2) is 15.0 Å². The summed E-state index contributed by atoms with van der Waals surface area (Å²) in [4.78, 5) is 15.5. The molecule has 2 heterocycles. The van der Waals surface area contributed by atoms with Gasteiger partial charge in [-0.2, -0.15) is 0 Å². The molecule has 0 aliphatic heterocycles. The summed E-state index contributed by atoms with van der Waals surface area (Å²) in [6.45, 7) is 2.10. The summed E-state index contributed by atoms with van der Waals surface area (Å²) in [7, 11) is 0. The zero-order valence-electron chi connectivity index (χ0n) is 30.7. The summed E-state index contributed by atoms with van der Waals surface area (Å²) in [5.41, 5.74) is 14.5. The average molecular weight is 718 g/mol. The minimum Gasteiger partial charge on any atom is -0.456 e. The van der Waals surface area contributed by atoms with E-state index in [4.69, 9.17) is 19.4 Å². The number of fused-ring (bicyclic) bond motifs is 3. The van der Waals surface area contributed by atoms with Crippen LogP contribution in [0, 0.1) is 6.92 Å². The number of benzene rings is 8. The van der Waals surface area contributed by atoms with Crippen LogP contribution in [0.4, 0.5) is 0 Å². The Labute approximate surface area is 325 Å². The Balaban J connectivity index is 1.17. The van der Waals surface area contributed by atoms with Crippen molar-refractivity contribution in [3.63, 3.8) is 0 Å². The number of hydrogen-bond acceptors (Lipinski definition) is 4. The van der Waals surface area contributed by atoms with Crippen molar-refractivity contribution in [3.05, 3.63) is 200 Å². The molecule has 10 aromatic rings. The molecule has 8 aromatic carbocycles. The molecule has 0 saturated heterocycles. The predicted molar refractivity (Wildman–Crippen MR) is 230 cm³/mol. The minimum absolute atomic E-state index is 0.576. The fourth-order valence-electron chi connectivity index (χ4n) is 7.55. The lowest BCUT2D eigenvalue weighted by Crippen LogP contribution is -2.01. The molecular weight excluding hydrogens is 683 g/mol. The minimum atomic E-state index is 0.576. The van der Waals surface area contributed by atoms with Crippen LogP contribution in [0.5, 0.6) is 0 Å². The van der Waals surface area contributed by atoms with Gasteiger partial charge in [-0.3, -0.25) is 0 Å². The van der Waals surface area contributed by atoms with E-state index in [0.717, 1.165) is 72.0 Å². The Kier molecular flexibility index (Phi) is 8.34. The maximum atomic E-state index is 6.69. The second-order valence-electron chi connectivity index (χ2n) is 14.1. The molecule has 0 aliphatic carbocycles. The first-order valence-electron chi connectivity index (χ1n) is 18.8. The smallest absolute Gasteiger partial charge is 0.164 e. The van der Waals surface area contributed by atoms with Crippen LogP contribution in [0.15, 0.2) is 199 Å². The standard InChI is InChI=1S/C52H35N3O/c1-34-23-25-37(26-24-34)41-19-11-20-42(31-41)51-53-50(40-17-9-4-10-18-40)54-52(55-51)45-33-48-46(32-44(45)38-15-7-3-8-16-38)49-43(21-12-22-47(49)56-48)39-29-27-36(28-30-39)35-13-5-2-6-14-35/h2-33H,1H3. The Morgan fingerprint density at radius 3 is 1.54 bits per heavy atom. The van der Waals surface area contributed by atoms with Crippen LogP contribution in [0.2, 0.25) is 0 Å². The monoisotopic (exact) mass is 717 g/mol. The van der Waals surface area contributed by atoms with Crippen molar-refractivity contribution in [1.29, 1.82) is 0 Å². The molecule has 0 unspecified atom stereocenters. The van der Waals surface area contributed by atoms with E-state index in [1.807, 2.05) is 42.5 Å². The molecular formula is C52H35N3O. The van der Waals surface area contributed by atoms with Crippen LogP contribution in [0.1, 0.15) is 5.56 Å². The molecule has 0 saturated carbocycles. The first kappa shape index (κ1) is 33.2. The van der Waals surface area contributed by atoms with E-state index in [-0.39, 0.29) is 0 Å². The molecule has 0 bridgehead atoms. The molecule has 4 nitrogen and oxygen atoms in total. The number of aromatic nitrogens is 3. The van der Waals surface area contributed by atoms with Crippen molar-refractivity contribution in [3.8, 4) is 78.7 Å². The Morgan fingerprint density at radius 2 is 0.821 bits per heavy atom. The third kappa shape index (κ3) is 6.23. The summed E-state index contributed by atoms with van der Waals surface area (Å²) >= 11 is 0. The lowest BCUT2D eigenvalue weighted by molar-refractivity contribution is 0.669. The van der Waals surface area contributed by atoms with Gasteiger partial charge in [0.15, 0.2) is 17.5 Å². The largest absolute Gasteiger partial charge is 0.456 e. The molecule has 264 valence electrons. The lowest BCUT2D eigenvalue weighted by atomic mass is 9.93. The van der Waals surface area contributed by atoms with Gasteiger partial charge in [0.05, 0.1) is 0 Å².